The molecule has 0 spiro atoms. The van der Waals surface area contributed by atoms with Gasteiger partial charge in [0.05, 0.1) is 56.5 Å². The van der Waals surface area contributed by atoms with Crippen LogP contribution in [0.1, 0.15) is 35.4 Å². The van der Waals surface area contributed by atoms with Gasteiger partial charge >= 0.3 is 11.4 Å². The summed E-state index contributed by atoms with van der Waals surface area (Å²) in [6.07, 6.45) is 1.73. The first-order chi connectivity index (χ1) is 28.1. The summed E-state index contributed by atoms with van der Waals surface area (Å²) >= 11 is 6.63. The molecular weight excluding hydrogens is 784 g/mol. The fourth-order valence-electron chi connectivity index (χ4n) is 9.75. The van der Waals surface area contributed by atoms with E-state index in [1.807, 2.05) is 19.1 Å². The zero-order valence-electron chi connectivity index (χ0n) is 32.1. The lowest BCUT2D eigenvalue weighted by atomic mass is 9.49. The third kappa shape index (κ3) is 5.80. The number of hydrogen-bond donors (Lipinski definition) is 2. The van der Waals surface area contributed by atoms with Crippen molar-refractivity contribution >= 4 is 63.7 Å². The van der Waals surface area contributed by atoms with Gasteiger partial charge < -0.3 is 14.7 Å². The Morgan fingerprint density at radius 1 is 0.898 bits per heavy atom. The molecule has 4 aliphatic rings. The van der Waals surface area contributed by atoms with E-state index in [0.29, 0.717) is 22.4 Å². The lowest BCUT2D eigenvalue weighted by Crippen LogP contribution is -2.53. The number of rotatable bonds is 9. The summed E-state index contributed by atoms with van der Waals surface area (Å²) in [4.78, 5) is 84.4. The Labute approximate surface area is 341 Å². The predicted octanol–water partition coefficient (Wildman–Crippen LogP) is 6.43. The number of nitro groups is 2. The number of amides is 4. The minimum Gasteiger partial charge on any atom is -0.503 e. The van der Waals surface area contributed by atoms with E-state index in [1.54, 1.807) is 48.5 Å². The Morgan fingerprint density at radius 3 is 2.14 bits per heavy atom. The lowest BCUT2D eigenvalue weighted by Gasteiger charge is -2.50. The van der Waals surface area contributed by atoms with Gasteiger partial charge in [-0.05, 0) is 61.1 Å². The van der Waals surface area contributed by atoms with E-state index in [4.69, 9.17) is 16.3 Å². The van der Waals surface area contributed by atoms with Crippen LogP contribution in [-0.4, -0.2) is 64.8 Å². The molecule has 16 nitrogen and oxygen atoms in total. The van der Waals surface area contributed by atoms with E-state index >= 15 is 4.79 Å². The lowest BCUT2D eigenvalue weighted by molar-refractivity contribution is -0.392. The molecule has 2 N–H and O–H groups in total. The molecule has 6 atom stereocenters. The van der Waals surface area contributed by atoms with E-state index < -0.39 is 79.9 Å². The fraction of sp³-hybridized carbons (Fsp3) is 0.286. The van der Waals surface area contributed by atoms with E-state index in [0.717, 1.165) is 27.6 Å². The van der Waals surface area contributed by atoms with Crippen molar-refractivity contribution in [3.63, 3.8) is 0 Å². The standard InChI is InChI=1S/C42H37ClN6O10/c1-21-10-12-24(13-11-21)44-47-39(52)29-20-28-26(35(22-16-30(43)37(50)33(17-22)59-4)42(29,41(47)54)23-8-6-5-7-9-23)14-15-27-34(28)40(53)46(38(27)51)25-18-31(48(55)56)36(45(2)3)32(19-25)49(57)58/h5-14,16-19,27-29,34-35,44,50H,15,20H2,1-4H3. The summed E-state index contributed by atoms with van der Waals surface area (Å²) in [5, 5.41) is 36.3. The van der Waals surface area contributed by atoms with E-state index in [2.05, 4.69) is 5.43 Å². The predicted molar refractivity (Wildman–Crippen MR) is 215 cm³/mol. The number of allylic oxidation sites excluding steroid dienone is 2. The second kappa shape index (κ2) is 14.2. The maximum Gasteiger partial charge on any atom is 0.301 e. The highest BCUT2D eigenvalue weighted by Crippen LogP contribution is 2.65. The highest BCUT2D eigenvalue weighted by molar-refractivity contribution is 6.32. The molecule has 2 heterocycles. The van der Waals surface area contributed by atoms with Gasteiger partial charge in [-0.3, -0.25) is 44.8 Å². The number of aryl methyl sites for hydroxylation is 1. The van der Waals surface area contributed by atoms with Crippen LogP contribution in [0.25, 0.3) is 0 Å². The van der Waals surface area contributed by atoms with Crippen molar-refractivity contribution in [2.45, 2.75) is 31.1 Å². The Balaban J connectivity index is 1.32. The van der Waals surface area contributed by atoms with Crippen molar-refractivity contribution in [3.8, 4) is 11.5 Å². The molecule has 8 rings (SSSR count). The third-order valence-electron chi connectivity index (χ3n) is 12.2. The van der Waals surface area contributed by atoms with Gasteiger partial charge in [0.2, 0.25) is 11.8 Å². The number of aromatic hydroxyl groups is 1. The number of anilines is 3. The minimum atomic E-state index is -1.65. The molecule has 2 saturated heterocycles. The Kier molecular flexibility index (Phi) is 9.42. The van der Waals surface area contributed by atoms with Crippen LogP contribution in [0.4, 0.5) is 28.4 Å². The van der Waals surface area contributed by atoms with E-state index in [-0.39, 0.29) is 40.7 Å². The molecule has 0 aromatic heterocycles. The maximum absolute atomic E-state index is 15.4. The van der Waals surface area contributed by atoms with Crippen LogP contribution in [0.2, 0.25) is 5.02 Å². The summed E-state index contributed by atoms with van der Waals surface area (Å²) in [5.74, 6) is -8.08. The SMILES string of the molecule is COc1cc(C2C3=CCC4C(=O)N(c5cc([N+](=O)[O-])c(N(C)C)c([N+](=O)[O-])c5)C(=O)C4C3CC3C(=O)N(Nc4ccc(C)cc4)C(=O)C32c2ccccc2)cc(Cl)c1O. The molecule has 59 heavy (non-hydrogen) atoms. The Bertz CT molecular complexity index is 2490. The topological polar surface area (TPSA) is 206 Å². The van der Waals surface area contributed by atoms with Gasteiger partial charge in [-0.1, -0.05) is 71.3 Å². The van der Waals surface area contributed by atoms with E-state index in [9.17, 15) is 39.7 Å². The van der Waals surface area contributed by atoms with Crippen LogP contribution in [0.5, 0.6) is 11.5 Å². The number of phenols is 1. The van der Waals surface area contributed by atoms with Gasteiger partial charge in [0, 0.05) is 32.1 Å². The minimum absolute atomic E-state index is 0.00000417. The zero-order valence-corrected chi connectivity index (χ0v) is 32.9. The largest absolute Gasteiger partial charge is 0.503 e. The van der Waals surface area contributed by atoms with E-state index in [1.165, 1.54) is 38.2 Å². The van der Waals surface area contributed by atoms with Gasteiger partial charge in [0.15, 0.2) is 17.2 Å². The summed E-state index contributed by atoms with van der Waals surface area (Å²) in [6.45, 7) is 1.90. The van der Waals surface area contributed by atoms with Gasteiger partial charge in [-0.15, -0.1) is 0 Å². The maximum atomic E-state index is 15.4. The van der Waals surface area contributed by atoms with Gasteiger partial charge in [-0.2, -0.15) is 5.01 Å². The average Bonchev–Trinajstić information content (AvgIpc) is 3.59. The number of imide groups is 2. The fourth-order valence-corrected chi connectivity index (χ4v) is 9.97. The number of phenolic OH excluding ortho intramolecular Hbond substituents is 1. The summed E-state index contributed by atoms with van der Waals surface area (Å²) in [7, 11) is 4.15. The molecule has 4 amide bonds. The smallest absolute Gasteiger partial charge is 0.301 e. The van der Waals surface area contributed by atoms with Crippen molar-refractivity contribution in [1.82, 2.24) is 5.01 Å². The number of ether oxygens (including phenoxy) is 1. The highest BCUT2D eigenvalue weighted by Gasteiger charge is 2.70. The molecule has 2 aliphatic heterocycles. The highest BCUT2D eigenvalue weighted by atomic mass is 35.5. The first kappa shape index (κ1) is 39.0. The van der Waals surface area contributed by atoms with Crippen molar-refractivity contribution in [1.29, 1.82) is 0 Å². The number of fused-ring (bicyclic) bond motifs is 4. The molecule has 4 aromatic rings. The molecule has 4 aromatic carbocycles. The first-order valence-corrected chi connectivity index (χ1v) is 19.0. The molecular formula is C42H37ClN6O10. The molecule has 17 heteroatoms. The number of hydrazine groups is 1. The molecule has 0 bridgehead atoms. The normalized spacial score (nSPS) is 24.6. The van der Waals surface area contributed by atoms with Gasteiger partial charge in [0.1, 0.15) is 0 Å². The second-order valence-electron chi connectivity index (χ2n) is 15.4. The number of carbonyl (C=O) groups is 4. The van der Waals surface area contributed by atoms with Crippen molar-refractivity contribution < 1.29 is 38.9 Å². The zero-order chi connectivity index (χ0) is 42.2. The van der Waals surface area contributed by atoms with Crippen molar-refractivity contribution in [2.75, 3.05) is 36.4 Å². The number of nitrogens with one attached hydrogen (secondary N) is 1. The molecule has 0 radical (unpaired) electrons. The van der Waals surface area contributed by atoms with Crippen LogP contribution in [0.15, 0.2) is 90.5 Å². The number of hydrogen-bond acceptors (Lipinski definition) is 12. The molecule has 302 valence electrons. The number of benzene rings is 4. The van der Waals surface area contributed by atoms with Crippen molar-refractivity contribution in [2.24, 2.45) is 23.7 Å². The molecule has 3 fully saturated rings. The number of methoxy groups -OCH3 is 1. The van der Waals surface area contributed by atoms with Crippen LogP contribution in [0.3, 0.4) is 0 Å². The second-order valence-corrected chi connectivity index (χ2v) is 15.8. The number of nitrogens with zero attached hydrogens (tertiary/aromatic N) is 5. The van der Waals surface area contributed by atoms with Gasteiger partial charge in [-0.25, -0.2) is 4.90 Å². The Morgan fingerprint density at radius 2 is 1.54 bits per heavy atom. The third-order valence-corrected chi connectivity index (χ3v) is 12.4. The van der Waals surface area contributed by atoms with Crippen LogP contribution >= 0.6 is 11.6 Å². The average molecular weight is 821 g/mol. The van der Waals surface area contributed by atoms with Crippen LogP contribution in [0, 0.1) is 50.8 Å². The monoisotopic (exact) mass is 820 g/mol. The molecule has 1 saturated carbocycles. The number of carbonyl (C=O) groups excluding carboxylic acids is 4. The molecule has 2 aliphatic carbocycles. The summed E-state index contributed by atoms with van der Waals surface area (Å²) in [6, 6.07) is 20.9. The molecule has 6 unspecified atom stereocenters. The summed E-state index contributed by atoms with van der Waals surface area (Å²) in [5.41, 5.74) is 2.28. The number of nitro benzene ring substituents is 2. The van der Waals surface area contributed by atoms with Crippen LogP contribution in [-0.2, 0) is 24.6 Å². The summed E-state index contributed by atoms with van der Waals surface area (Å²) < 4.78 is 5.51. The van der Waals surface area contributed by atoms with Crippen LogP contribution < -0.4 is 20.0 Å². The van der Waals surface area contributed by atoms with Crippen molar-refractivity contribution in [3.05, 3.63) is 132 Å². The Hall–Kier alpha value is -6.81. The van der Waals surface area contributed by atoms with Gasteiger partial charge in [0.25, 0.3) is 11.8 Å². The number of halogens is 1. The quantitative estimate of drug-likeness (QED) is 0.0811. The first-order valence-electron chi connectivity index (χ1n) is 18.7.